The van der Waals surface area contributed by atoms with Gasteiger partial charge in [-0.3, -0.25) is 4.79 Å². The molecule has 2 fully saturated rings. The van der Waals surface area contributed by atoms with Gasteiger partial charge in [0, 0.05) is 71.2 Å². The van der Waals surface area contributed by atoms with Crippen LogP contribution in [-0.2, 0) is 0 Å². The van der Waals surface area contributed by atoms with Crippen molar-refractivity contribution in [3.63, 3.8) is 0 Å². The van der Waals surface area contributed by atoms with Gasteiger partial charge >= 0.3 is 5.97 Å². The maximum atomic E-state index is 13.5. The quantitative estimate of drug-likeness (QED) is 0.0745. The fourth-order valence-corrected chi connectivity index (χ4v) is 7.91. The van der Waals surface area contributed by atoms with Crippen LogP contribution >= 0.6 is 46.4 Å². The number of carbonyl (C=O) groups is 2. The van der Waals surface area contributed by atoms with Crippen LogP contribution in [0.25, 0.3) is 21.8 Å². The molecule has 2 aliphatic rings. The van der Waals surface area contributed by atoms with Crippen LogP contribution in [0.4, 0.5) is 8.78 Å². The second-order valence-electron chi connectivity index (χ2n) is 16.1. The van der Waals surface area contributed by atoms with E-state index in [0.717, 1.165) is 68.2 Å². The van der Waals surface area contributed by atoms with Gasteiger partial charge < -0.3 is 45.6 Å². The maximum Gasteiger partial charge on any atom is 0.354 e. The topological polar surface area (TPSA) is 184 Å². The standard InChI is InChI=1S/C24H24Cl2FN3O3.C14H20ClFN2O2.C10H6ClNO2/c25-16-2-6-22-15(11-16)1-5-23(29-22)24(32)28-17-7-9-30(10-8-17)13-18(31)14-33-19-3-4-20(26)21(27)12-19;15-13-2-1-12(7-14(13)16)20-9-11(19)8-18-5-3-10(17)4-6-18;11-7-2-4-8-6(5-7)1-3-9(12-8)10(13)14/h1-6,11-12,17-18,31H,7-10,13-14H2,(H,28,32);1-2,7,10-11,19H,3-6,8-9,17H2;1-5H,(H,13,14). The molecule has 356 valence electrons. The molecule has 2 aromatic heterocycles. The number of ether oxygens (including phenoxy) is 2. The number of pyridine rings is 2. The molecule has 0 bridgehead atoms. The minimum atomic E-state index is -1.03. The molecule has 6 aromatic rings. The Bertz CT molecular complexity index is 2620. The molecule has 4 heterocycles. The predicted octanol–water partition coefficient (Wildman–Crippen LogP) is 8.54. The van der Waals surface area contributed by atoms with Crippen molar-refractivity contribution in [2.45, 2.75) is 50.0 Å². The van der Waals surface area contributed by atoms with Gasteiger partial charge in [0.15, 0.2) is 0 Å². The van der Waals surface area contributed by atoms with Crippen molar-refractivity contribution >= 4 is 80.1 Å². The van der Waals surface area contributed by atoms with E-state index < -0.39 is 29.8 Å². The van der Waals surface area contributed by atoms with Crippen molar-refractivity contribution in [1.82, 2.24) is 25.1 Å². The highest BCUT2D eigenvalue weighted by Crippen LogP contribution is 2.23. The summed E-state index contributed by atoms with van der Waals surface area (Å²) >= 11 is 23.0. The number of amides is 1. The van der Waals surface area contributed by atoms with Crippen molar-refractivity contribution in [3.05, 3.63) is 140 Å². The molecular formula is C48H50Cl4F2N6O7. The Kier molecular flexibility index (Phi) is 19.1. The van der Waals surface area contributed by atoms with Crippen LogP contribution in [0.5, 0.6) is 11.5 Å². The molecular weight excluding hydrogens is 952 g/mol. The number of nitrogens with two attached hydrogens (primary N) is 1. The molecule has 4 aromatic carbocycles. The number of rotatable bonds is 13. The summed E-state index contributed by atoms with van der Waals surface area (Å²) in [6, 6.07) is 25.9. The molecule has 19 heteroatoms. The average molecular weight is 1000 g/mol. The summed E-state index contributed by atoms with van der Waals surface area (Å²) in [7, 11) is 0. The minimum absolute atomic E-state index is 0.0270. The zero-order chi connectivity index (χ0) is 48.0. The average Bonchev–Trinajstić information content (AvgIpc) is 3.31. The van der Waals surface area contributed by atoms with Crippen LogP contribution in [0.1, 0.15) is 46.7 Å². The number of hydrogen-bond acceptors (Lipinski definition) is 11. The molecule has 2 atom stereocenters. The van der Waals surface area contributed by atoms with Crippen molar-refractivity contribution in [1.29, 1.82) is 0 Å². The summed E-state index contributed by atoms with van der Waals surface area (Å²) < 4.78 is 37.5. The van der Waals surface area contributed by atoms with Gasteiger partial charge in [-0.2, -0.15) is 0 Å². The first-order valence-corrected chi connectivity index (χ1v) is 23.0. The molecule has 2 aliphatic heterocycles. The molecule has 0 spiro atoms. The normalized spacial score (nSPS) is 15.7. The first-order valence-electron chi connectivity index (χ1n) is 21.5. The van der Waals surface area contributed by atoms with Crippen molar-refractivity contribution in [2.24, 2.45) is 5.73 Å². The monoisotopic (exact) mass is 1000 g/mol. The Hall–Kier alpha value is -4.94. The number of aromatic nitrogens is 2. The Labute approximate surface area is 406 Å². The first kappa shape index (κ1) is 51.5. The summed E-state index contributed by atoms with van der Waals surface area (Å²) in [5.41, 5.74) is 7.60. The number of fused-ring (bicyclic) bond motifs is 2. The van der Waals surface area contributed by atoms with E-state index in [1.165, 1.54) is 30.3 Å². The lowest BCUT2D eigenvalue weighted by atomic mass is 10.0. The summed E-state index contributed by atoms with van der Waals surface area (Å²) in [5, 5.41) is 35.0. The molecule has 2 unspecified atom stereocenters. The zero-order valence-corrected chi connectivity index (χ0v) is 39.2. The third-order valence-corrected chi connectivity index (χ3v) is 12.0. The largest absolute Gasteiger partial charge is 0.491 e. The second kappa shape index (κ2) is 24.9. The number of β-amino-alcohol motifs (C(OH)–C–C–N with tert-alkyl or cyclic N) is 2. The van der Waals surface area contributed by atoms with Crippen molar-refractivity contribution < 1.29 is 43.2 Å². The number of hydrogen-bond donors (Lipinski definition) is 5. The number of halogens is 6. The lowest BCUT2D eigenvalue weighted by molar-refractivity contribution is 0.0566. The van der Waals surface area contributed by atoms with Gasteiger partial charge in [0.05, 0.1) is 21.1 Å². The third-order valence-electron chi connectivity index (χ3n) is 10.9. The van der Waals surface area contributed by atoms with E-state index in [0.29, 0.717) is 45.8 Å². The van der Waals surface area contributed by atoms with Gasteiger partial charge in [0.1, 0.15) is 59.9 Å². The SMILES string of the molecule is NC1CCN(CC(O)COc2ccc(Cl)c(F)c2)CC1.O=C(NC1CCN(CC(O)COc2ccc(Cl)c(F)c2)CC1)c1ccc2cc(Cl)ccc2n1.O=C(O)c1ccc2cc(Cl)ccc2n1. The highest BCUT2D eigenvalue weighted by atomic mass is 35.5. The summed E-state index contributed by atoms with van der Waals surface area (Å²) in [5.74, 6) is -1.62. The fraction of sp³-hybridized carbons (Fsp3) is 0.333. The third kappa shape index (κ3) is 16.1. The number of carbonyl (C=O) groups excluding carboxylic acids is 1. The number of carboxylic acids is 1. The molecule has 1 amide bonds. The molecule has 67 heavy (non-hydrogen) atoms. The maximum absolute atomic E-state index is 13.5. The smallest absolute Gasteiger partial charge is 0.354 e. The van der Waals surface area contributed by atoms with Crippen LogP contribution in [0, 0.1) is 11.6 Å². The van der Waals surface area contributed by atoms with Gasteiger partial charge in [-0.25, -0.2) is 23.5 Å². The van der Waals surface area contributed by atoms with E-state index in [9.17, 15) is 28.6 Å². The number of piperidine rings is 2. The predicted molar refractivity (Wildman–Crippen MR) is 257 cm³/mol. The van der Waals surface area contributed by atoms with Crippen LogP contribution in [0.15, 0.2) is 97.1 Å². The van der Waals surface area contributed by atoms with Crippen LogP contribution < -0.4 is 20.5 Å². The van der Waals surface area contributed by atoms with E-state index in [1.807, 2.05) is 12.1 Å². The minimum Gasteiger partial charge on any atom is -0.491 e. The Morgan fingerprint density at radius 1 is 0.657 bits per heavy atom. The van der Waals surface area contributed by atoms with Crippen LogP contribution in [-0.4, -0.2) is 124 Å². The van der Waals surface area contributed by atoms with Gasteiger partial charge in [-0.15, -0.1) is 0 Å². The zero-order valence-electron chi connectivity index (χ0n) is 36.1. The molecule has 13 nitrogen and oxygen atoms in total. The van der Waals surface area contributed by atoms with Gasteiger partial charge in [-0.05, 0) is 112 Å². The summed E-state index contributed by atoms with van der Waals surface area (Å²) in [4.78, 5) is 35.9. The van der Waals surface area contributed by atoms with E-state index in [2.05, 4.69) is 25.1 Å². The highest BCUT2D eigenvalue weighted by Gasteiger charge is 2.24. The molecule has 0 radical (unpaired) electrons. The Balaban J connectivity index is 0.000000184. The van der Waals surface area contributed by atoms with Gasteiger partial charge in [-0.1, -0.05) is 58.5 Å². The van der Waals surface area contributed by atoms with Crippen LogP contribution in [0.2, 0.25) is 20.1 Å². The van der Waals surface area contributed by atoms with Crippen molar-refractivity contribution in [3.8, 4) is 11.5 Å². The molecule has 8 rings (SSSR count). The molecule has 6 N–H and O–H groups in total. The first-order chi connectivity index (χ1) is 32.1. The van der Waals surface area contributed by atoms with Crippen LogP contribution in [0.3, 0.4) is 0 Å². The number of nitrogens with one attached hydrogen (secondary N) is 1. The Morgan fingerprint density at radius 2 is 1.10 bits per heavy atom. The Morgan fingerprint density at radius 3 is 1.57 bits per heavy atom. The highest BCUT2D eigenvalue weighted by molar-refractivity contribution is 6.32. The number of carboxylic acid groups (broad SMARTS) is 1. The second-order valence-corrected chi connectivity index (χ2v) is 17.8. The number of likely N-dealkylation sites (tertiary alicyclic amines) is 2. The number of aliphatic hydroxyl groups is 2. The van der Waals surface area contributed by atoms with Gasteiger partial charge in [0.25, 0.3) is 5.91 Å². The number of aromatic carboxylic acids is 1. The summed E-state index contributed by atoms with van der Waals surface area (Å²) in [6.07, 6.45) is 2.12. The lowest BCUT2D eigenvalue weighted by Gasteiger charge is -2.33. The van der Waals surface area contributed by atoms with Crippen molar-refractivity contribution in [2.75, 3.05) is 52.5 Å². The fourth-order valence-electron chi connectivity index (χ4n) is 7.31. The number of nitrogens with zero attached hydrogens (tertiary/aromatic N) is 4. The molecule has 0 aliphatic carbocycles. The van der Waals surface area contributed by atoms with E-state index in [1.54, 1.807) is 54.6 Å². The lowest BCUT2D eigenvalue weighted by Crippen LogP contribution is -2.47. The van der Waals surface area contributed by atoms with E-state index in [4.69, 9.17) is 66.7 Å². The summed E-state index contributed by atoms with van der Waals surface area (Å²) in [6.45, 7) is 4.43. The van der Waals surface area contributed by atoms with E-state index in [-0.39, 0.29) is 46.9 Å². The van der Waals surface area contributed by atoms with E-state index >= 15 is 0 Å². The molecule has 0 saturated carbocycles. The number of benzene rings is 4. The number of aliphatic hydroxyl groups excluding tert-OH is 2. The van der Waals surface area contributed by atoms with Gasteiger partial charge in [0.2, 0.25) is 0 Å². The molecule has 2 saturated heterocycles.